The molecule has 1 unspecified atom stereocenters. The van der Waals surface area contributed by atoms with E-state index in [-0.39, 0.29) is 32.5 Å². The highest BCUT2D eigenvalue weighted by Gasteiger charge is 2.34. The van der Waals surface area contributed by atoms with Crippen LogP contribution in [0.5, 0.6) is 0 Å². The van der Waals surface area contributed by atoms with E-state index in [1.165, 1.54) is 85.2 Å². The number of aliphatic carboxylic acids is 1. The predicted molar refractivity (Wildman–Crippen MR) is 182 cm³/mol. The number of alkyl halides is 3. The van der Waals surface area contributed by atoms with Gasteiger partial charge in [0.1, 0.15) is 23.2 Å². The average molecular weight is 751 g/mol. The van der Waals surface area contributed by atoms with E-state index in [9.17, 15) is 40.7 Å². The summed E-state index contributed by atoms with van der Waals surface area (Å²) >= 11 is 0. The van der Waals surface area contributed by atoms with E-state index >= 15 is 8.78 Å². The molecule has 3 N–H and O–H groups in total. The van der Waals surface area contributed by atoms with Crippen LogP contribution in [0.25, 0.3) is 33.2 Å². The maximum atomic E-state index is 15.2. The number of carbonyl (C=O) groups excluding carboxylic acids is 1. The zero-order valence-corrected chi connectivity index (χ0v) is 27.6. The minimum atomic E-state index is -4.68. The number of halogens is 6. The van der Waals surface area contributed by atoms with Crippen LogP contribution in [0.1, 0.15) is 21.5 Å². The molecule has 6 aromatic rings. The summed E-state index contributed by atoms with van der Waals surface area (Å²) in [5, 5.41) is 12.3. The van der Waals surface area contributed by atoms with Gasteiger partial charge in [0.15, 0.2) is 0 Å². The maximum absolute atomic E-state index is 15.2. The van der Waals surface area contributed by atoms with Gasteiger partial charge in [-0.25, -0.2) is 27.0 Å². The van der Waals surface area contributed by atoms with Crippen molar-refractivity contribution >= 4 is 38.5 Å². The molecule has 0 aliphatic carbocycles. The Kier molecular flexibility index (Phi) is 9.90. The molecule has 0 spiro atoms. The summed E-state index contributed by atoms with van der Waals surface area (Å²) in [6.45, 7) is 0. The topological polar surface area (TPSA) is 138 Å². The minimum absolute atomic E-state index is 0.117. The molecule has 1 atom stereocenters. The highest BCUT2D eigenvalue weighted by molar-refractivity contribution is 7.92. The van der Waals surface area contributed by atoms with Gasteiger partial charge < -0.3 is 10.4 Å². The Morgan fingerprint density at radius 3 is 2.13 bits per heavy atom. The van der Waals surface area contributed by atoms with Crippen molar-refractivity contribution < 1.29 is 49.5 Å². The van der Waals surface area contributed by atoms with Crippen LogP contribution in [0.3, 0.4) is 0 Å². The normalized spacial score (nSPS) is 12.3. The van der Waals surface area contributed by atoms with E-state index in [1.54, 1.807) is 0 Å². The molecule has 16 heteroatoms. The molecule has 4 aromatic carbocycles. The van der Waals surface area contributed by atoms with Crippen molar-refractivity contribution in [2.75, 3.05) is 4.72 Å². The molecule has 270 valence electrons. The van der Waals surface area contributed by atoms with Gasteiger partial charge in [0.2, 0.25) is 5.95 Å². The van der Waals surface area contributed by atoms with Gasteiger partial charge in [-0.05, 0) is 64.7 Å². The third-order valence-electron chi connectivity index (χ3n) is 8.16. The van der Waals surface area contributed by atoms with Crippen LogP contribution in [0, 0.1) is 17.6 Å². The lowest BCUT2D eigenvalue weighted by atomic mass is 9.93. The quantitative estimate of drug-likeness (QED) is 0.0968. The van der Waals surface area contributed by atoms with E-state index in [0.717, 1.165) is 12.1 Å². The number of sulfonamides is 1. The smallest absolute Gasteiger partial charge is 0.417 e. The van der Waals surface area contributed by atoms with Crippen molar-refractivity contribution in [2.45, 2.75) is 23.5 Å². The Bertz CT molecular complexity index is 2470. The average Bonchev–Trinajstić information content (AvgIpc) is 3.10. The van der Waals surface area contributed by atoms with Crippen molar-refractivity contribution in [1.82, 2.24) is 15.3 Å². The molecule has 0 bridgehead atoms. The number of hydrogen-bond donors (Lipinski definition) is 3. The summed E-state index contributed by atoms with van der Waals surface area (Å²) in [6, 6.07) is 17.7. The fraction of sp³-hybridized carbons (Fsp3) is 0.0811. The Hall–Kier alpha value is -6.29. The third-order valence-corrected chi connectivity index (χ3v) is 9.55. The Balaban J connectivity index is 1.22. The lowest BCUT2D eigenvalue weighted by Gasteiger charge is -2.18. The molecule has 53 heavy (non-hydrogen) atoms. The van der Waals surface area contributed by atoms with Gasteiger partial charge in [0, 0.05) is 35.8 Å². The highest BCUT2D eigenvalue weighted by atomic mass is 32.2. The first-order valence-corrected chi connectivity index (χ1v) is 16.9. The first-order valence-electron chi connectivity index (χ1n) is 15.4. The lowest BCUT2D eigenvalue weighted by Crippen LogP contribution is -2.43. The molecule has 0 aliphatic rings. The SMILES string of the molecule is O=C(NC(Cc1ccc(-c2ccccc2C(F)(F)F)c2ncccc12)C(=O)O)c1c(F)cc(NS(=O)(=O)c2ccc(-c3ccnc(F)c3)cc2)cc1F. The van der Waals surface area contributed by atoms with Gasteiger partial charge in [-0.1, -0.05) is 48.5 Å². The number of amides is 1. The number of carboxylic acids is 1. The number of anilines is 1. The zero-order valence-electron chi connectivity index (χ0n) is 26.8. The fourth-order valence-electron chi connectivity index (χ4n) is 5.71. The number of aromatic nitrogens is 2. The second kappa shape index (κ2) is 14.4. The Morgan fingerprint density at radius 2 is 1.47 bits per heavy atom. The first kappa shape index (κ1) is 36.5. The van der Waals surface area contributed by atoms with E-state index in [2.05, 4.69) is 15.3 Å². The molecular formula is C37H24F6N4O5S. The molecule has 0 aliphatic heterocycles. The van der Waals surface area contributed by atoms with Gasteiger partial charge >= 0.3 is 12.1 Å². The second-order valence-electron chi connectivity index (χ2n) is 11.6. The first-order chi connectivity index (χ1) is 25.1. The Labute approximate surface area is 297 Å². The molecule has 2 aromatic heterocycles. The minimum Gasteiger partial charge on any atom is -0.480 e. The van der Waals surface area contributed by atoms with Crippen molar-refractivity contribution in [3.8, 4) is 22.3 Å². The van der Waals surface area contributed by atoms with E-state index in [0.29, 0.717) is 23.3 Å². The molecule has 9 nitrogen and oxygen atoms in total. The van der Waals surface area contributed by atoms with Crippen molar-refractivity contribution in [3.05, 3.63) is 144 Å². The number of hydrogen-bond acceptors (Lipinski definition) is 6. The molecule has 1 amide bonds. The van der Waals surface area contributed by atoms with E-state index in [4.69, 9.17) is 0 Å². The molecule has 2 heterocycles. The van der Waals surface area contributed by atoms with Crippen LogP contribution in [0.15, 0.2) is 114 Å². The van der Waals surface area contributed by atoms with Gasteiger partial charge in [-0.3, -0.25) is 14.5 Å². The largest absolute Gasteiger partial charge is 0.480 e. The number of benzene rings is 4. The molecule has 0 saturated carbocycles. The van der Waals surface area contributed by atoms with Crippen LogP contribution >= 0.6 is 0 Å². The van der Waals surface area contributed by atoms with Crippen LogP contribution < -0.4 is 10.0 Å². The van der Waals surface area contributed by atoms with Crippen molar-refractivity contribution in [2.24, 2.45) is 0 Å². The number of fused-ring (bicyclic) bond motifs is 1. The van der Waals surface area contributed by atoms with Gasteiger partial charge in [0.05, 0.1) is 21.7 Å². The van der Waals surface area contributed by atoms with Gasteiger partial charge in [0.25, 0.3) is 15.9 Å². The summed E-state index contributed by atoms with van der Waals surface area (Å²) in [5.74, 6) is -6.83. The number of nitrogens with zero attached hydrogens (tertiary/aromatic N) is 2. The zero-order chi connectivity index (χ0) is 38.1. The fourth-order valence-corrected chi connectivity index (χ4v) is 6.75. The van der Waals surface area contributed by atoms with Crippen LogP contribution in [0.4, 0.5) is 32.0 Å². The predicted octanol–water partition coefficient (Wildman–Crippen LogP) is 7.63. The summed E-state index contributed by atoms with van der Waals surface area (Å²) in [7, 11) is -4.41. The Morgan fingerprint density at radius 1 is 0.774 bits per heavy atom. The number of nitrogens with one attached hydrogen (secondary N) is 2. The monoisotopic (exact) mass is 750 g/mol. The molecular weight excluding hydrogens is 726 g/mol. The van der Waals surface area contributed by atoms with Crippen LogP contribution in [-0.2, 0) is 27.4 Å². The summed E-state index contributed by atoms with van der Waals surface area (Å²) in [6.07, 6.45) is -2.56. The van der Waals surface area contributed by atoms with Crippen molar-refractivity contribution in [3.63, 3.8) is 0 Å². The molecule has 0 radical (unpaired) electrons. The molecule has 6 rings (SSSR count). The standard InChI is InChI=1S/C37H24F6N4O5S/c38-29-18-23(47-53(51,52)24-10-7-20(8-11-24)21-13-15-44-32(40)17-21)19-30(39)33(29)35(48)46-31(36(49)50)16-22-9-12-27(34-25(22)5-3-14-45-34)26-4-1-2-6-28(26)37(41,42)43/h1-15,17-19,31,47H,16H2,(H,46,48)(H,49,50). The number of carbonyl (C=O) groups is 2. The van der Waals surface area contributed by atoms with E-state index < -0.39 is 74.9 Å². The van der Waals surface area contributed by atoms with Crippen molar-refractivity contribution in [1.29, 1.82) is 0 Å². The molecule has 0 saturated heterocycles. The van der Waals surface area contributed by atoms with E-state index in [1.807, 2.05) is 4.72 Å². The number of carboxylic acid groups (broad SMARTS) is 1. The number of pyridine rings is 2. The maximum Gasteiger partial charge on any atom is 0.417 e. The summed E-state index contributed by atoms with van der Waals surface area (Å²) in [4.78, 5) is 32.7. The lowest BCUT2D eigenvalue weighted by molar-refractivity contribution is -0.139. The van der Waals surface area contributed by atoms with Gasteiger partial charge in [-0.15, -0.1) is 0 Å². The molecule has 0 fully saturated rings. The second-order valence-corrected chi connectivity index (χ2v) is 13.3. The third kappa shape index (κ3) is 7.82. The highest BCUT2D eigenvalue weighted by Crippen LogP contribution is 2.39. The summed E-state index contributed by atoms with van der Waals surface area (Å²) < 4.78 is 113. The number of rotatable bonds is 10. The van der Waals surface area contributed by atoms with Crippen LogP contribution in [-0.4, -0.2) is 41.4 Å². The van der Waals surface area contributed by atoms with Crippen LogP contribution in [0.2, 0.25) is 0 Å². The van der Waals surface area contributed by atoms with Gasteiger partial charge in [-0.2, -0.15) is 17.6 Å². The summed E-state index contributed by atoms with van der Waals surface area (Å²) in [5.41, 5.74) is -1.48.